The molecule has 0 aliphatic heterocycles. The van der Waals surface area contributed by atoms with Crippen LogP contribution in [-0.4, -0.2) is 11.0 Å². The Hall–Kier alpha value is -3.05. The van der Waals surface area contributed by atoms with Gasteiger partial charge in [-0.15, -0.1) is 0 Å². The highest BCUT2D eigenvalue weighted by Crippen LogP contribution is 2.32. The first kappa shape index (κ1) is 21.2. The number of hydrogen-bond donors (Lipinski definition) is 2. The van der Waals surface area contributed by atoms with Gasteiger partial charge in [0.15, 0.2) is 5.76 Å². The molecular formula is C25H19Cl2NO3. The van der Waals surface area contributed by atoms with Crippen molar-refractivity contribution in [3.8, 4) is 11.3 Å². The molecule has 1 aromatic heterocycles. The standard InChI is InChI=1S/C25H19Cl2NO3/c1-15-7-8-17(13-20(15)27)22-11-12-23(31-22)25(30)28-21-10-9-18(26)14-19(21)24(29)16-5-3-2-4-6-16/h2-14,24,29H,1H3,(H,28,30)/t24-/m0/s1. The lowest BCUT2D eigenvalue weighted by Gasteiger charge is -2.17. The molecule has 0 aliphatic carbocycles. The van der Waals surface area contributed by atoms with Gasteiger partial charge in [0.1, 0.15) is 11.9 Å². The average Bonchev–Trinajstić information content (AvgIpc) is 3.27. The molecule has 0 radical (unpaired) electrons. The van der Waals surface area contributed by atoms with Crippen LogP contribution in [0.5, 0.6) is 0 Å². The summed E-state index contributed by atoms with van der Waals surface area (Å²) in [6.07, 6.45) is -0.947. The predicted molar refractivity (Wildman–Crippen MR) is 124 cm³/mol. The fourth-order valence-corrected chi connectivity index (χ4v) is 3.59. The maximum Gasteiger partial charge on any atom is 0.291 e. The number of aliphatic hydroxyl groups excluding tert-OH is 1. The number of anilines is 1. The van der Waals surface area contributed by atoms with Crippen LogP contribution in [0.15, 0.2) is 83.3 Å². The van der Waals surface area contributed by atoms with Crippen molar-refractivity contribution in [2.24, 2.45) is 0 Å². The number of aliphatic hydroxyl groups is 1. The molecular weight excluding hydrogens is 433 g/mol. The Morgan fingerprint density at radius 3 is 2.48 bits per heavy atom. The number of hydrogen-bond acceptors (Lipinski definition) is 3. The van der Waals surface area contributed by atoms with Crippen LogP contribution in [0.4, 0.5) is 5.69 Å². The highest BCUT2D eigenvalue weighted by Gasteiger charge is 2.19. The minimum absolute atomic E-state index is 0.141. The summed E-state index contributed by atoms with van der Waals surface area (Å²) in [7, 11) is 0. The van der Waals surface area contributed by atoms with Crippen LogP contribution >= 0.6 is 23.2 Å². The zero-order chi connectivity index (χ0) is 22.0. The van der Waals surface area contributed by atoms with Gasteiger partial charge in [0.25, 0.3) is 5.91 Å². The van der Waals surface area contributed by atoms with E-state index in [9.17, 15) is 9.90 Å². The molecule has 1 heterocycles. The SMILES string of the molecule is Cc1ccc(-c2ccc(C(=O)Nc3ccc(Cl)cc3[C@@H](O)c3ccccc3)o2)cc1Cl. The third kappa shape index (κ3) is 4.67. The molecule has 0 saturated carbocycles. The molecule has 0 fully saturated rings. The number of carbonyl (C=O) groups excluding carboxylic acids is 1. The van der Waals surface area contributed by atoms with E-state index in [1.54, 1.807) is 36.4 Å². The van der Waals surface area contributed by atoms with E-state index in [1.165, 1.54) is 0 Å². The first-order valence-electron chi connectivity index (χ1n) is 9.62. The van der Waals surface area contributed by atoms with Gasteiger partial charge in [0, 0.05) is 26.9 Å². The van der Waals surface area contributed by atoms with Crippen LogP contribution in [0.1, 0.15) is 33.3 Å². The highest BCUT2D eigenvalue weighted by molar-refractivity contribution is 6.31. The van der Waals surface area contributed by atoms with Crippen LogP contribution in [0.3, 0.4) is 0 Å². The van der Waals surface area contributed by atoms with Gasteiger partial charge in [0.2, 0.25) is 0 Å². The number of benzene rings is 3. The summed E-state index contributed by atoms with van der Waals surface area (Å²) < 4.78 is 5.75. The van der Waals surface area contributed by atoms with Crippen molar-refractivity contribution in [3.05, 3.63) is 111 Å². The van der Waals surface area contributed by atoms with Gasteiger partial charge in [-0.2, -0.15) is 0 Å². The predicted octanol–water partition coefficient (Wildman–Crippen LogP) is 6.90. The van der Waals surface area contributed by atoms with Gasteiger partial charge in [-0.25, -0.2) is 0 Å². The molecule has 0 bridgehead atoms. The largest absolute Gasteiger partial charge is 0.451 e. The van der Waals surface area contributed by atoms with Crippen LogP contribution in [0.25, 0.3) is 11.3 Å². The van der Waals surface area contributed by atoms with Crippen LogP contribution in [-0.2, 0) is 0 Å². The van der Waals surface area contributed by atoms with Crippen molar-refractivity contribution in [2.75, 3.05) is 5.32 Å². The van der Waals surface area contributed by atoms with E-state index in [2.05, 4.69) is 5.32 Å². The topological polar surface area (TPSA) is 62.5 Å². The van der Waals surface area contributed by atoms with Gasteiger partial charge in [-0.1, -0.05) is 65.7 Å². The molecule has 0 saturated heterocycles. The van der Waals surface area contributed by atoms with Gasteiger partial charge in [-0.3, -0.25) is 4.79 Å². The van der Waals surface area contributed by atoms with Crippen molar-refractivity contribution in [1.82, 2.24) is 0 Å². The van der Waals surface area contributed by atoms with Crippen LogP contribution < -0.4 is 5.32 Å². The molecule has 6 heteroatoms. The zero-order valence-electron chi connectivity index (χ0n) is 16.6. The first-order chi connectivity index (χ1) is 14.9. The summed E-state index contributed by atoms with van der Waals surface area (Å²) in [5.74, 6) is 0.239. The molecule has 4 nitrogen and oxygen atoms in total. The van der Waals surface area contributed by atoms with Gasteiger partial charge >= 0.3 is 0 Å². The Balaban J connectivity index is 1.59. The van der Waals surface area contributed by atoms with Crippen LogP contribution in [0, 0.1) is 6.92 Å². The minimum Gasteiger partial charge on any atom is -0.451 e. The quantitative estimate of drug-likeness (QED) is 0.346. The van der Waals surface area contributed by atoms with Gasteiger partial charge in [-0.05, 0) is 54.4 Å². The Kier molecular flexibility index (Phi) is 6.14. The third-order valence-electron chi connectivity index (χ3n) is 4.96. The second-order valence-corrected chi connectivity index (χ2v) is 7.97. The maximum absolute atomic E-state index is 12.8. The monoisotopic (exact) mass is 451 g/mol. The first-order valence-corrected chi connectivity index (χ1v) is 10.4. The molecule has 1 atom stereocenters. The normalized spacial score (nSPS) is 11.9. The number of rotatable bonds is 5. The lowest BCUT2D eigenvalue weighted by Crippen LogP contribution is -2.14. The molecule has 156 valence electrons. The molecule has 4 aromatic rings. The second-order valence-electron chi connectivity index (χ2n) is 7.13. The Morgan fingerprint density at radius 2 is 1.74 bits per heavy atom. The van der Waals surface area contributed by atoms with E-state index < -0.39 is 12.0 Å². The van der Waals surface area contributed by atoms with Crippen molar-refractivity contribution < 1.29 is 14.3 Å². The number of amides is 1. The van der Waals surface area contributed by atoms with E-state index in [4.69, 9.17) is 27.6 Å². The van der Waals surface area contributed by atoms with Crippen molar-refractivity contribution in [3.63, 3.8) is 0 Å². The molecule has 0 aliphatic rings. The van der Waals surface area contributed by atoms with E-state index in [1.807, 2.05) is 49.4 Å². The van der Waals surface area contributed by atoms with E-state index in [-0.39, 0.29) is 5.76 Å². The van der Waals surface area contributed by atoms with Crippen LogP contribution in [0.2, 0.25) is 10.0 Å². The number of nitrogens with one attached hydrogen (secondary N) is 1. The zero-order valence-corrected chi connectivity index (χ0v) is 18.1. The molecule has 1 amide bonds. The lowest BCUT2D eigenvalue weighted by atomic mass is 10.00. The van der Waals surface area contributed by atoms with E-state index in [0.717, 1.165) is 11.1 Å². The summed E-state index contributed by atoms with van der Waals surface area (Å²) in [6.45, 7) is 1.92. The maximum atomic E-state index is 12.8. The fraction of sp³-hybridized carbons (Fsp3) is 0.0800. The average molecular weight is 452 g/mol. The number of aryl methyl sites for hydroxylation is 1. The summed E-state index contributed by atoms with van der Waals surface area (Å²) >= 11 is 12.3. The van der Waals surface area contributed by atoms with Crippen molar-refractivity contribution in [2.45, 2.75) is 13.0 Å². The smallest absolute Gasteiger partial charge is 0.291 e. The third-order valence-corrected chi connectivity index (χ3v) is 5.60. The Labute approximate surface area is 190 Å². The molecule has 3 aromatic carbocycles. The molecule has 31 heavy (non-hydrogen) atoms. The lowest BCUT2D eigenvalue weighted by molar-refractivity contribution is 0.0997. The summed E-state index contributed by atoms with van der Waals surface area (Å²) in [5.41, 5.74) is 3.37. The molecule has 0 unspecified atom stereocenters. The van der Waals surface area contributed by atoms with E-state index >= 15 is 0 Å². The summed E-state index contributed by atoms with van der Waals surface area (Å²) in [6, 6.07) is 23.0. The van der Waals surface area contributed by atoms with Gasteiger partial charge < -0.3 is 14.8 Å². The second kappa shape index (κ2) is 8.98. The van der Waals surface area contributed by atoms with E-state index in [0.29, 0.717) is 32.6 Å². The van der Waals surface area contributed by atoms with Crippen molar-refractivity contribution >= 4 is 34.8 Å². The molecule has 2 N–H and O–H groups in total. The fourth-order valence-electron chi connectivity index (χ4n) is 3.23. The number of carbonyl (C=O) groups is 1. The van der Waals surface area contributed by atoms with Crippen molar-refractivity contribution in [1.29, 1.82) is 0 Å². The molecule has 4 rings (SSSR count). The van der Waals surface area contributed by atoms with Gasteiger partial charge in [0.05, 0.1) is 0 Å². The summed E-state index contributed by atoms with van der Waals surface area (Å²) in [4.78, 5) is 12.8. The highest BCUT2D eigenvalue weighted by atomic mass is 35.5. The Bertz CT molecular complexity index is 1230. The molecule has 0 spiro atoms. The minimum atomic E-state index is -0.947. The summed E-state index contributed by atoms with van der Waals surface area (Å²) in [5, 5.41) is 14.7. The number of halogens is 2. The number of furan rings is 1. The Morgan fingerprint density at radius 1 is 0.968 bits per heavy atom.